The minimum absolute atomic E-state index is 0.299. The van der Waals surface area contributed by atoms with E-state index in [1.54, 1.807) is 14.2 Å². The lowest BCUT2D eigenvalue weighted by atomic mass is 10.0. The molecule has 2 aliphatic rings. The molecule has 0 bridgehead atoms. The van der Waals surface area contributed by atoms with Gasteiger partial charge in [0.15, 0.2) is 17.8 Å². The highest BCUT2D eigenvalue weighted by Crippen LogP contribution is 2.34. The summed E-state index contributed by atoms with van der Waals surface area (Å²) in [5.74, 6) is 2.27. The third kappa shape index (κ3) is 5.05. The summed E-state index contributed by atoms with van der Waals surface area (Å²) in [4.78, 5) is 2.38. The van der Waals surface area contributed by atoms with Crippen molar-refractivity contribution in [2.24, 2.45) is 0 Å². The van der Waals surface area contributed by atoms with Crippen LogP contribution in [0.1, 0.15) is 5.56 Å². The average Bonchev–Trinajstić information content (AvgIpc) is 3.32. The largest absolute Gasteiger partial charge is 0.493 e. The van der Waals surface area contributed by atoms with Crippen molar-refractivity contribution < 1.29 is 28.4 Å². The Kier molecular flexibility index (Phi) is 7.07. The van der Waals surface area contributed by atoms with E-state index in [0.29, 0.717) is 31.3 Å². The number of ether oxygens (including phenoxy) is 6. The predicted molar refractivity (Wildman–Crippen MR) is 112 cm³/mol. The van der Waals surface area contributed by atoms with Crippen LogP contribution in [0.3, 0.4) is 0 Å². The van der Waals surface area contributed by atoms with Gasteiger partial charge in [-0.2, -0.15) is 0 Å². The van der Waals surface area contributed by atoms with Crippen LogP contribution in [0.2, 0.25) is 0 Å². The molecule has 162 valence electrons. The van der Waals surface area contributed by atoms with Crippen LogP contribution in [0.4, 0.5) is 0 Å². The third-order valence-corrected chi connectivity index (χ3v) is 5.34. The number of morpholine rings is 1. The lowest BCUT2D eigenvalue weighted by molar-refractivity contribution is -0.0686. The Morgan fingerprint density at radius 3 is 2.20 bits per heavy atom. The summed E-state index contributed by atoms with van der Waals surface area (Å²) in [7, 11) is 3.29. The van der Waals surface area contributed by atoms with Gasteiger partial charge in [-0.1, -0.05) is 12.1 Å². The van der Waals surface area contributed by atoms with Crippen LogP contribution in [-0.2, 0) is 20.8 Å². The van der Waals surface area contributed by atoms with Crippen molar-refractivity contribution in [3.05, 3.63) is 42.0 Å². The van der Waals surface area contributed by atoms with Crippen LogP contribution in [0.5, 0.6) is 17.2 Å². The maximum absolute atomic E-state index is 6.08. The van der Waals surface area contributed by atoms with Gasteiger partial charge in [-0.05, 0) is 35.4 Å². The summed E-state index contributed by atoms with van der Waals surface area (Å²) >= 11 is 0. The van der Waals surface area contributed by atoms with Gasteiger partial charge in [0.25, 0.3) is 0 Å². The normalized spacial score (nSPS) is 17.8. The Labute approximate surface area is 177 Å². The molecule has 0 radical (unpaired) electrons. The number of hydrogen-bond donors (Lipinski definition) is 0. The molecular weight excluding hydrogens is 386 g/mol. The molecule has 2 fully saturated rings. The zero-order chi connectivity index (χ0) is 20.8. The van der Waals surface area contributed by atoms with Crippen molar-refractivity contribution in [2.75, 3.05) is 60.3 Å². The van der Waals surface area contributed by atoms with Crippen LogP contribution in [-0.4, -0.2) is 71.5 Å². The van der Waals surface area contributed by atoms with Crippen LogP contribution >= 0.6 is 0 Å². The molecule has 2 heterocycles. The van der Waals surface area contributed by atoms with E-state index in [1.165, 1.54) is 0 Å². The molecule has 0 saturated carbocycles. The second-order valence-electron chi connectivity index (χ2n) is 7.26. The molecule has 0 amide bonds. The molecule has 30 heavy (non-hydrogen) atoms. The van der Waals surface area contributed by atoms with Crippen LogP contribution in [0, 0.1) is 0 Å². The second-order valence-corrected chi connectivity index (χ2v) is 7.26. The maximum atomic E-state index is 6.08. The molecule has 2 aromatic rings. The smallest absolute Gasteiger partial charge is 0.191 e. The van der Waals surface area contributed by atoms with Gasteiger partial charge in [0.1, 0.15) is 12.4 Å². The molecule has 0 aliphatic carbocycles. The van der Waals surface area contributed by atoms with Crippen LogP contribution in [0.25, 0.3) is 11.1 Å². The van der Waals surface area contributed by atoms with Crippen molar-refractivity contribution in [3.63, 3.8) is 0 Å². The summed E-state index contributed by atoms with van der Waals surface area (Å²) in [6, 6.07) is 12.2. The quantitative estimate of drug-likeness (QED) is 0.657. The Morgan fingerprint density at radius 2 is 1.50 bits per heavy atom. The molecule has 0 N–H and O–H groups in total. The van der Waals surface area contributed by atoms with Gasteiger partial charge in [-0.3, -0.25) is 4.90 Å². The first-order valence-corrected chi connectivity index (χ1v) is 10.3. The Bertz CT molecular complexity index is 830. The zero-order valence-electron chi connectivity index (χ0n) is 17.6. The number of hydrogen-bond acceptors (Lipinski definition) is 7. The summed E-state index contributed by atoms with van der Waals surface area (Å²) in [5.41, 5.74) is 3.28. The fourth-order valence-electron chi connectivity index (χ4n) is 3.70. The van der Waals surface area contributed by atoms with Crippen molar-refractivity contribution in [1.29, 1.82) is 0 Å². The first kappa shape index (κ1) is 20.9. The number of rotatable bonds is 8. The molecule has 7 nitrogen and oxygen atoms in total. The standard InChI is InChI=1S/C23H29NO6/c1-25-21-6-4-18(14-22(21)26-2)17-3-5-20(30-16-23-28-11-12-29-23)19(13-17)15-24-7-9-27-10-8-24/h3-6,13-14,23H,7-12,15-16H2,1-2H3. The molecule has 4 rings (SSSR count). The number of methoxy groups -OCH3 is 2. The first-order chi connectivity index (χ1) is 14.8. The summed E-state index contributed by atoms with van der Waals surface area (Å²) in [6.07, 6.45) is -0.299. The van der Waals surface area contributed by atoms with Crippen LogP contribution < -0.4 is 14.2 Å². The van der Waals surface area contributed by atoms with Crippen molar-refractivity contribution >= 4 is 0 Å². The van der Waals surface area contributed by atoms with E-state index >= 15 is 0 Å². The molecule has 2 aliphatic heterocycles. The van der Waals surface area contributed by atoms with E-state index < -0.39 is 0 Å². The monoisotopic (exact) mass is 415 g/mol. The van der Waals surface area contributed by atoms with Gasteiger partial charge in [-0.25, -0.2) is 0 Å². The molecule has 2 aromatic carbocycles. The van der Waals surface area contributed by atoms with Gasteiger partial charge < -0.3 is 28.4 Å². The van der Waals surface area contributed by atoms with E-state index in [-0.39, 0.29) is 6.29 Å². The van der Waals surface area contributed by atoms with E-state index in [9.17, 15) is 0 Å². The topological polar surface area (TPSA) is 58.6 Å². The third-order valence-electron chi connectivity index (χ3n) is 5.34. The average molecular weight is 415 g/mol. The minimum atomic E-state index is -0.299. The second kappa shape index (κ2) is 10.1. The van der Waals surface area contributed by atoms with E-state index in [1.807, 2.05) is 24.3 Å². The highest BCUT2D eigenvalue weighted by molar-refractivity contribution is 5.69. The fraction of sp³-hybridized carbons (Fsp3) is 0.478. The van der Waals surface area contributed by atoms with Gasteiger partial charge in [0.05, 0.1) is 40.6 Å². The van der Waals surface area contributed by atoms with Gasteiger partial charge in [-0.15, -0.1) is 0 Å². The molecular formula is C23H29NO6. The number of benzene rings is 2. The maximum Gasteiger partial charge on any atom is 0.191 e. The molecule has 0 unspecified atom stereocenters. The molecule has 2 saturated heterocycles. The zero-order valence-corrected chi connectivity index (χ0v) is 17.6. The van der Waals surface area contributed by atoms with Crippen LogP contribution in [0.15, 0.2) is 36.4 Å². The summed E-state index contributed by atoms with van der Waals surface area (Å²) in [6.45, 7) is 5.76. The molecule has 0 spiro atoms. The van der Waals surface area contributed by atoms with Gasteiger partial charge in [0, 0.05) is 25.2 Å². The van der Waals surface area contributed by atoms with E-state index in [2.05, 4.69) is 17.0 Å². The summed E-state index contributed by atoms with van der Waals surface area (Å²) < 4.78 is 33.4. The Hall–Kier alpha value is -2.32. The van der Waals surface area contributed by atoms with E-state index in [4.69, 9.17) is 28.4 Å². The van der Waals surface area contributed by atoms with Crippen molar-refractivity contribution in [2.45, 2.75) is 12.8 Å². The van der Waals surface area contributed by atoms with E-state index in [0.717, 1.165) is 55.3 Å². The lowest BCUT2D eigenvalue weighted by Gasteiger charge is -2.27. The minimum Gasteiger partial charge on any atom is -0.493 e. The van der Waals surface area contributed by atoms with Gasteiger partial charge in [0.2, 0.25) is 0 Å². The molecule has 0 aromatic heterocycles. The molecule has 7 heteroatoms. The highest BCUT2D eigenvalue weighted by atomic mass is 16.7. The fourth-order valence-corrected chi connectivity index (χ4v) is 3.70. The van der Waals surface area contributed by atoms with Crippen molar-refractivity contribution in [1.82, 2.24) is 4.90 Å². The highest BCUT2D eigenvalue weighted by Gasteiger charge is 2.19. The summed E-state index contributed by atoms with van der Waals surface area (Å²) in [5, 5.41) is 0. The first-order valence-electron chi connectivity index (χ1n) is 10.3. The van der Waals surface area contributed by atoms with Crippen molar-refractivity contribution in [3.8, 4) is 28.4 Å². The predicted octanol–water partition coefficient (Wildman–Crippen LogP) is 2.95. The number of nitrogens with zero attached hydrogens (tertiary/aromatic N) is 1. The van der Waals surface area contributed by atoms with Gasteiger partial charge >= 0.3 is 0 Å². The Balaban J connectivity index is 1.58. The molecule has 0 atom stereocenters. The SMILES string of the molecule is COc1ccc(-c2ccc(OCC3OCCO3)c(CN3CCOCC3)c2)cc1OC. The lowest BCUT2D eigenvalue weighted by Crippen LogP contribution is -2.35. The Morgan fingerprint density at radius 1 is 0.833 bits per heavy atom.